The third-order valence-electron chi connectivity index (χ3n) is 2.91. The Hall–Kier alpha value is -1.76. The quantitative estimate of drug-likeness (QED) is 0.464. The fraction of sp³-hybridized carbons (Fsp3) is 0.733. The van der Waals surface area contributed by atoms with Gasteiger partial charge in [-0.15, -0.1) is 0 Å². The molecular weight excluding hydrogens is 288 g/mol. The van der Waals surface area contributed by atoms with Crippen molar-refractivity contribution >= 4 is 23.9 Å². The van der Waals surface area contributed by atoms with Crippen molar-refractivity contribution < 1.29 is 23.9 Å². The van der Waals surface area contributed by atoms with Gasteiger partial charge in [0.05, 0.1) is 12.3 Å². The minimum atomic E-state index is -0.935. The molecule has 0 unspecified atom stereocenters. The van der Waals surface area contributed by atoms with E-state index < -0.39 is 29.8 Å². The Kier molecular flexibility index (Phi) is 9.24. The van der Waals surface area contributed by atoms with Gasteiger partial charge in [0.15, 0.2) is 5.78 Å². The zero-order valence-corrected chi connectivity index (χ0v) is 13.8. The molecule has 0 aliphatic rings. The summed E-state index contributed by atoms with van der Waals surface area (Å²) in [6.07, 6.45) is -0.249. The molecule has 0 spiro atoms. The van der Waals surface area contributed by atoms with Crippen molar-refractivity contribution in [1.82, 2.24) is 5.32 Å². The van der Waals surface area contributed by atoms with Gasteiger partial charge in [-0.3, -0.25) is 9.59 Å². The number of esters is 1. The molecule has 0 radical (unpaired) electrons. The molecular formula is C15H26N2O5. The normalized spacial score (nSPS) is 13.6. The molecule has 0 fully saturated rings. The molecule has 7 heteroatoms. The van der Waals surface area contributed by atoms with Crippen molar-refractivity contribution in [2.24, 2.45) is 5.92 Å². The standard InChI is InChI=1S/C15H26N2O5/c1-9(2)13(21-5)14(19)17-12(7-6-11(18)8-16)15(20)22-10(3)4/h8-10,12-13,16H,6-7H2,1-5H3,(H,17,19)/t12-,13-/m0/s1. The van der Waals surface area contributed by atoms with Crippen LogP contribution in [0.15, 0.2) is 0 Å². The maximum absolute atomic E-state index is 12.2. The van der Waals surface area contributed by atoms with Gasteiger partial charge >= 0.3 is 5.97 Å². The maximum atomic E-state index is 12.2. The predicted molar refractivity (Wildman–Crippen MR) is 81.8 cm³/mol. The SMILES string of the molecule is CO[C@H](C(=O)N[C@@H](CCC(=O)C=N)C(=O)OC(C)C)C(C)C. The molecule has 126 valence electrons. The summed E-state index contributed by atoms with van der Waals surface area (Å²) in [5.74, 6) is -1.50. The summed E-state index contributed by atoms with van der Waals surface area (Å²) in [6.45, 7) is 7.05. The molecule has 2 N–H and O–H groups in total. The van der Waals surface area contributed by atoms with Crippen LogP contribution in [0.2, 0.25) is 0 Å². The first-order valence-electron chi connectivity index (χ1n) is 7.29. The van der Waals surface area contributed by atoms with E-state index in [4.69, 9.17) is 14.9 Å². The van der Waals surface area contributed by atoms with Crippen LogP contribution in [0, 0.1) is 11.3 Å². The number of hydrogen-bond acceptors (Lipinski definition) is 6. The maximum Gasteiger partial charge on any atom is 0.328 e. The van der Waals surface area contributed by atoms with E-state index in [0.29, 0.717) is 6.21 Å². The van der Waals surface area contributed by atoms with Crippen molar-refractivity contribution in [2.75, 3.05) is 7.11 Å². The highest BCUT2D eigenvalue weighted by molar-refractivity contribution is 6.26. The molecule has 0 saturated carbocycles. The van der Waals surface area contributed by atoms with E-state index in [-0.39, 0.29) is 24.9 Å². The smallest absolute Gasteiger partial charge is 0.328 e. The number of ether oxygens (including phenoxy) is 2. The van der Waals surface area contributed by atoms with Gasteiger partial charge in [0.2, 0.25) is 5.91 Å². The van der Waals surface area contributed by atoms with E-state index in [1.54, 1.807) is 13.8 Å². The second-order valence-electron chi connectivity index (χ2n) is 5.60. The van der Waals surface area contributed by atoms with Gasteiger partial charge < -0.3 is 20.2 Å². The number of carbonyl (C=O) groups is 3. The molecule has 2 atom stereocenters. The van der Waals surface area contributed by atoms with Crippen LogP contribution in [0.3, 0.4) is 0 Å². The Balaban J connectivity index is 4.90. The van der Waals surface area contributed by atoms with Crippen LogP contribution in [0.1, 0.15) is 40.5 Å². The van der Waals surface area contributed by atoms with Crippen molar-refractivity contribution in [3.63, 3.8) is 0 Å². The molecule has 0 saturated heterocycles. The lowest BCUT2D eigenvalue weighted by molar-refractivity contribution is -0.153. The number of rotatable bonds is 10. The minimum Gasteiger partial charge on any atom is -0.461 e. The Bertz CT molecular complexity index is 407. The molecule has 0 aromatic rings. The Morgan fingerprint density at radius 2 is 1.77 bits per heavy atom. The van der Waals surface area contributed by atoms with Crippen LogP contribution in [0.5, 0.6) is 0 Å². The average molecular weight is 314 g/mol. The summed E-state index contributed by atoms with van der Waals surface area (Å²) in [6, 6.07) is -0.935. The second-order valence-corrected chi connectivity index (χ2v) is 5.60. The van der Waals surface area contributed by atoms with Gasteiger partial charge in [-0.1, -0.05) is 13.8 Å². The van der Waals surface area contributed by atoms with Gasteiger partial charge in [0, 0.05) is 13.5 Å². The van der Waals surface area contributed by atoms with Gasteiger partial charge in [-0.25, -0.2) is 4.79 Å². The van der Waals surface area contributed by atoms with Crippen LogP contribution in [-0.4, -0.2) is 49.2 Å². The minimum absolute atomic E-state index is 0.0129. The van der Waals surface area contributed by atoms with Crippen LogP contribution in [0.4, 0.5) is 0 Å². The number of carbonyl (C=O) groups excluding carboxylic acids is 3. The first-order chi connectivity index (χ1) is 10.2. The van der Waals surface area contributed by atoms with Crippen molar-refractivity contribution in [2.45, 2.75) is 58.8 Å². The van der Waals surface area contributed by atoms with E-state index in [1.807, 2.05) is 13.8 Å². The van der Waals surface area contributed by atoms with E-state index in [0.717, 1.165) is 0 Å². The first-order valence-corrected chi connectivity index (χ1v) is 7.29. The number of hydrogen-bond donors (Lipinski definition) is 2. The zero-order valence-electron chi connectivity index (χ0n) is 13.8. The van der Waals surface area contributed by atoms with Crippen molar-refractivity contribution in [3.05, 3.63) is 0 Å². The summed E-state index contributed by atoms with van der Waals surface area (Å²) in [5, 5.41) is 9.44. The third-order valence-corrected chi connectivity index (χ3v) is 2.91. The summed E-state index contributed by atoms with van der Waals surface area (Å²) in [7, 11) is 1.42. The lowest BCUT2D eigenvalue weighted by Gasteiger charge is -2.23. The molecule has 0 rings (SSSR count). The number of methoxy groups -OCH3 is 1. The zero-order chi connectivity index (χ0) is 17.3. The third kappa shape index (κ3) is 7.31. The van der Waals surface area contributed by atoms with E-state index in [2.05, 4.69) is 5.32 Å². The lowest BCUT2D eigenvalue weighted by Crippen LogP contribution is -2.48. The van der Waals surface area contributed by atoms with Gasteiger partial charge in [0.1, 0.15) is 12.1 Å². The molecule has 0 aliphatic carbocycles. The molecule has 0 bridgehead atoms. The van der Waals surface area contributed by atoms with Gasteiger partial charge in [0.25, 0.3) is 0 Å². The number of amides is 1. The average Bonchev–Trinajstić information content (AvgIpc) is 2.42. The summed E-state index contributed by atoms with van der Waals surface area (Å²) < 4.78 is 10.2. The summed E-state index contributed by atoms with van der Waals surface area (Å²) >= 11 is 0. The number of Topliss-reactive ketones (excluding diaryl/α,β-unsaturated/α-hetero) is 1. The van der Waals surface area contributed by atoms with Gasteiger partial charge in [-0.2, -0.15) is 0 Å². The Morgan fingerprint density at radius 1 is 1.18 bits per heavy atom. The highest BCUT2D eigenvalue weighted by Gasteiger charge is 2.28. The van der Waals surface area contributed by atoms with Crippen LogP contribution in [0.25, 0.3) is 0 Å². The Morgan fingerprint density at radius 3 is 2.18 bits per heavy atom. The fourth-order valence-corrected chi connectivity index (χ4v) is 1.86. The molecule has 22 heavy (non-hydrogen) atoms. The molecule has 0 heterocycles. The monoisotopic (exact) mass is 314 g/mol. The Labute approximate surface area is 131 Å². The molecule has 7 nitrogen and oxygen atoms in total. The largest absolute Gasteiger partial charge is 0.461 e. The highest BCUT2D eigenvalue weighted by atomic mass is 16.5. The topological polar surface area (TPSA) is 106 Å². The van der Waals surface area contributed by atoms with Crippen LogP contribution < -0.4 is 5.32 Å². The summed E-state index contributed by atoms with van der Waals surface area (Å²) in [5.41, 5.74) is 0. The fourth-order valence-electron chi connectivity index (χ4n) is 1.86. The molecule has 0 aromatic heterocycles. The van der Waals surface area contributed by atoms with E-state index in [9.17, 15) is 14.4 Å². The molecule has 0 aliphatic heterocycles. The predicted octanol–water partition coefficient (Wildman–Crippen LogP) is 1.09. The van der Waals surface area contributed by atoms with E-state index >= 15 is 0 Å². The summed E-state index contributed by atoms with van der Waals surface area (Å²) in [4.78, 5) is 35.4. The first kappa shape index (κ1) is 20.2. The van der Waals surface area contributed by atoms with Crippen LogP contribution >= 0.6 is 0 Å². The van der Waals surface area contributed by atoms with Crippen molar-refractivity contribution in [1.29, 1.82) is 5.41 Å². The molecule has 0 aromatic carbocycles. The second kappa shape index (κ2) is 10.0. The van der Waals surface area contributed by atoms with Crippen LogP contribution in [-0.2, 0) is 23.9 Å². The van der Waals surface area contributed by atoms with E-state index in [1.165, 1.54) is 7.11 Å². The lowest BCUT2D eigenvalue weighted by atomic mass is 10.0. The molecule has 1 amide bonds. The van der Waals surface area contributed by atoms with Crippen molar-refractivity contribution in [3.8, 4) is 0 Å². The highest BCUT2D eigenvalue weighted by Crippen LogP contribution is 2.09. The van der Waals surface area contributed by atoms with Gasteiger partial charge in [-0.05, 0) is 26.2 Å². The number of nitrogens with one attached hydrogen (secondary N) is 2. The number of ketones is 1.